The summed E-state index contributed by atoms with van der Waals surface area (Å²) in [7, 11) is 0. The van der Waals surface area contributed by atoms with Gasteiger partial charge in [-0.3, -0.25) is 0 Å². The Hall–Kier alpha value is -0.740. The Bertz CT molecular complexity index is 323. The van der Waals surface area contributed by atoms with Gasteiger partial charge in [-0.15, -0.1) is 17.8 Å². The van der Waals surface area contributed by atoms with E-state index in [0.29, 0.717) is 5.92 Å². The van der Waals surface area contributed by atoms with Gasteiger partial charge in [-0.1, -0.05) is 19.8 Å². The first-order chi connectivity index (χ1) is 5.97. The van der Waals surface area contributed by atoms with Gasteiger partial charge >= 0.3 is 0 Å². The number of hydrogen-bond acceptors (Lipinski definition) is 1. The SMILES string of the molecule is C#CC(C)(C)c1ccc(C(C)C)s1. The van der Waals surface area contributed by atoms with Gasteiger partial charge in [0.1, 0.15) is 0 Å². The number of rotatable bonds is 2. The van der Waals surface area contributed by atoms with E-state index < -0.39 is 0 Å². The highest BCUT2D eigenvalue weighted by Gasteiger charge is 2.19. The molecule has 0 amide bonds. The summed E-state index contributed by atoms with van der Waals surface area (Å²) in [5.41, 5.74) is -0.113. The van der Waals surface area contributed by atoms with Crippen LogP contribution in [0.1, 0.15) is 43.4 Å². The summed E-state index contributed by atoms with van der Waals surface area (Å²) in [6.45, 7) is 8.59. The lowest BCUT2D eigenvalue weighted by Crippen LogP contribution is -2.11. The van der Waals surface area contributed by atoms with Crippen LogP contribution in [0, 0.1) is 12.3 Å². The molecule has 0 aliphatic heterocycles. The third kappa shape index (κ3) is 2.14. The van der Waals surface area contributed by atoms with Crippen molar-refractivity contribution in [3.63, 3.8) is 0 Å². The molecule has 0 aliphatic rings. The summed E-state index contributed by atoms with van der Waals surface area (Å²) in [6, 6.07) is 4.34. The highest BCUT2D eigenvalue weighted by atomic mass is 32.1. The molecule has 0 saturated carbocycles. The van der Waals surface area contributed by atoms with Crippen molar-refractivity contribution in [3.05, 3.63) is 21.9 Å². The van der Waals surface area contributed by atoms with Gasteiger partial charge in [-0.2, -0.15) is 0 Å². The third-order valence-corrected chi connectivity index (χ3v) is 3.88. The van der Waals surface area contributed by atoms with Crippen molar-refractivity contribution in [2.75, 3.05) is 0 Å². The van der Waals surface area contributed by atoms with Crippen LogP contribution in [0.4, 0.5) is 0 Å². The molecule has 70 valence electrons. The second-order valence-corrected chi connectivity index (χ2v) is 5.24. The predicted molar refractivity (Wildman–Crippen MR) is 60.3 cm³/mol. The monoisotopic (exact) mass is 192 g/mol. The minimum atomic E-state index is -0.113. The lowest BCUT2D eigenvalue weighted by molar-refractivity contribution is 0.716. The normalized spacial score (nSPS) is 11.7. The maximum Gasteiger partial charge on any atom is 0.0597 e. The van der Waals surface area contributed by atoms with E-state index >= 15 is 0 Å². The molecule has 0 nitrogen and oxygen atoms in total. The fourth-order valence-corrected chi connectivity index (χ4v) is 2.15. The molecule has 0 saturated heterocycles. The highest BCUT2D eigenvalue weighted by molar-refractivity contribution is 7.12. The maximum atomic E-state index is 5.48. The zero-order valence-corrected chi connectivity index (χ0v) is 9.53. The minimum Gasteiger partial charge on any atom is -0.144 e. The van der Waals surface area contributed by atoms with Crippen LogP contribution in [0.5, 0.6) is 0 Å². The Kier molecular flexibility index (Phi) is 2.83. The topological polar surface area (TPSA) is 0 Å². The molecule has 0 aromatic carbocycles. The molecule has 1 heteroatoms. The van der Waals surface area contributed by atoms with Gasteiger partial charge in [-0.25, -0.2) is 0 Å². The van der Waals surface area contributed by atoms with Crippen LogP contribution in [0.25, 0.3) is 0 Å². The van der Waals surface area contributed by atoms with E-state index in [9.17, 15) is 0 Å². The van der Waals surface area contributed by atoms with Gasteiger partial charge in [0.25, 0.3) is 0 Å². The van der Waals surface area contributed by atoms with E-state index in [0.717, 1.165) is 0 Å². The van der Waals surface area contributed by atoms with Crippen LogP contribution in [-0.2, 0) is 5.41 Å². The first kappa shape index (κ1) is 10.3. The summed E-state index contributed by atoms with van der Waals surface area (Å²) in [5, 5.41) is 0. The molecule has 1 heterocycles. The van der Waals surface area contributed by atoms with Crippen molar-refractivity contribution < 1.29 is 0 Å². The number of terminal acetylenes is 1. The molecule has 0 atom stereocenters. The second-order valence-electron chi connectivity index (χ2n) is 4.13. The number of thiophene rings is 1. The Labute approximate surface area is 85.0 Å². The first-order valence-electron chi connectivity index (χ1n) is 4.55. The maximum absolute atomic E-state index is 5.48. The summed E-state index contributed by atoms with van der Waals surface area (Å²) < 4.78 is 0. The molecule has 0 unspecified atom stereocenters. The molecule has 0 spiro atoms. The predicted octanol–water partition coefficient (Wildman–Crippen LogP) is 3.78. The lowest BCUT2D eigenvalue weighted by Gasteiger charge is -2.14. The van der Waals surface area contributed by atoms with Crippen LogP contribution >= 0.6 is 11.3 Å². The molecule has 1 aromatic rings. The van der Waals surface area contributed by atoms with Crippen LogP contribution in [-0.4, -0.2) is 0 Å². The Morgan fingerprint density at radius 2 is 2.00 bits per heavy atom. The summed E-state index contributed by atoms with van der Waals surface area (Å²) >= 11 is 1.83. The molecule has 0 radical (unpaired) electrons. The fraction of sp³-hybridized carbons (Fsp3) is 0.500. The van der Waals surface area contributed by atoms with Crippen LogP contribution in [0.3, 0.4) is 0 Å². The quantitative estimate of drug-likeness (QED) is 0.625. The summed E-state index contributed by atoms with van der Waals surface area (Å²) in [5.74, 6) is 3.42. The van der Waals surface area contributed by atoms with Crippen LogP contribution < -0.4 is 0 Å². The van der Waals surface area contributed by atoms with E-state index in [1.165, 1.54) is 9.75 Å². The summed E-state index contributed by atoms with van der Waals surface area (Å²) in [6.07, 6.45) is 5.48. The van der Waals surface area contributed by atoms with Crippen LogP contribution in [0.2, 0.25) is 0 Å². The van der Waals surface area contributed by atoms with Crippen molar-refractivity contribution in [2.45, 2.75) is 39.0 Å². The smallest absolute Gasteiger partial charge is 0.0597 e. The third-order valence-electron chi connectivity index (χ3n) is 2.17. The fourth-order valence-electron chi connectivity index (χ4n) is 1.07. The number of hydrogen-bond donors (Lipinski definition) is 0. The molecule has 13 heavy (non-hydrogen) atoms. The van der Waals surface area contributed by atoms with Crippen LogP contribution in [0.15, 0.2) is 12.1 Å². The van der Waals surface area contributed by atoms with Crippen molar-refractivity contribution in [2.24, 2.45) is 0 Å². The van der Waals surface area contributed by atoms with Gasteiger partial charge < -0.3 is 0 Å². The molecular weight excluding hydrogens is 176 g/mol. The zero-order valence-electron chi connectivity index (χ0n) is 8.72. The van der Waals surface area contributed by atoms with Gasteiger partial charge in [0, 0.05) is 9.75 Å². The molecule has 0 aliphatic carbocycles. The van der Waals surface area contributed by atoms with Gasteiger partial charge in [0.2, 0.25) is 0 Å². The van der Waals surface area contributed by atoms with E-state index in [1.807, 2.05) is 11.3 Å². The first-order valence-corrected chi connectivity index (χ1v) is 5.37. The lowest BCUT2D eigenvalue weighted by atomic mass is 9.93. The Balaban J connectivity index is 3.00. The van der Waals surface area contributed by atoms with Gasteiger partial charge in [0.05, 0.1) is 5.41 Å². The Morgan fingerprint density at radius 3 is 2.38 bits per heavy atom. The minimum absolute atomic E-state index is 0.113. The molecule has 0 bridgehead atoms. The average Bonchev–Trinajstić information content (AvgIpc) is 2.52. The van der Waals surface area contributed by atoms with Gasteiger partial charge in [-0.05, 0) is 31.9 Å². The molecule has 1 aromatic heterocycles. The van der Waals surface area contributed by atoms with Crippen molar-refractivity contribution in [1.82, 2.24) is 0 Å². The summed E-state index contributed by atoms with van der Waals surface area (Å²) in [4.78, 5) is 2.71. The largest absolute Gasteiger partial charge is 0.144 e. The molecule has 0 fully saturated rings. The second kappa shape index (κ2) is 3.55. The van der Waals surface area contributed by atoms with Crippen molar-refractivity contribution >= 4 is 11.3 Å². The van der Waals surface area contributed by atoms with E-state index in [2.05, 4.69) is 45.7 Å². The van der Waals surface area contributed by atoms with E-state index in [1.54, 1.807) is 0 Å². The standard InChI is InChI=1S/C12H16S/c1-6-12(4,5)11-8-7-10(13-11)9(2)3/h1,7-9H,2-5H3. The van der Waals surface area contributed by atoms with Crippen molar-refractivity contribution in [1.29, 1.82) is 0 Å². The van der Waals surface area contributed by atoms with Crippen molar-refractivity contribution in [3.8, 4) is 12.3 Å². The molecular formula is C12H16S. The zero-order chi connectivity index (χ0) is 10.1. The molecule has 1 rings (SSSR count). The average molecular weight is 192 g/mol. The Morgan fingerprint density at radius 1 is 1.38 bits per heavy atom. The molecule has 0 N–H and O–H groups in total. The van der Waals surface area contributed by atoms with E-state index in [-0.39, 0.29) is 5.41 Å². The van der Waals surface area contributed by atoms with E-state index in [4.69, 9.17) is 6.42 Å². The highest BCUT2D eigenvalue weighted by Crippen LogP contribution is 2.32. The van der Waals surface area contributed by atoms with Gasteiger partial charge in [0.15, 0.2) is 0 Å².